The summed E-state index contributed by atoms with van der Waals surface area (Å²) >= 11 is 0. The van der Waals surface area contributed by atoms with Crippen molar-refractivity contribution in [1.82, 2.24) is 20.1 Å². The molecular weight excluding hydrogens is 721 g/mol. The summed E-state index contributed by atoms with van der Waals surface area (Å²) < 4.78 is 48.7. The lowest BCUT2D eigenvalue weighted by Gasteiger charge is -2.37. The van der Waals surface area contributed by atoms with Crippen LogP contribution in [0.5, 0.6) is 5.75 Å². The van der Waals surface area contributed by atoms with Crippen LogP contribution in [0, 0.1) is 28.9 Å². The minimum atomic E-state index is -1.03. The summed E-state index contributed by atoms with van der Waals surface area (Å²) in [7, 11) is 0. The number of amides is 2. The summed E-state index contributed by atoms with van der Waals surface area (Å²) in [5.41, 5.74) is 7.61. The number of piperazine rings is 1. The fraction of sp³-hybridized carbons (Fsp3) is 0.463. The number of anilines is 3. The van der Waals surface area contributed by atoms with Crippen LogP contribution in [0.3, 0.4) is 0 Å². The van der Waals surface area contributed by atoms with E-state index in [2.05, 4.69) is 37.3 Å². The van der Waals surface area contributed by atoms with Crippen molar-refractivity contribution < 1.29 is 27.8 Å². The predicted octanol–water partition coefficient (Wildman–Crippen LogP) is 5.80. The van der Waals surface area contributed by atoms with Crippen LogP contribution in [0.4, 0.5) is 30.6 Å². The van der Waals surface area contributed by atoms with E-state index in [0.29, 0.717) is 44.0 Å². The molecule has 0 bridgehead atoms. The predicted molar refractivity (Wildman–Crippen MR) is 212 cm³/mol. The molecule has 1 aromatic heterocycles. The highest BCUT2D eigenvalue weighted by Gasteiger charge is 2.44. The molecule has 4 N–H and O–H groups in total. The molecule has 3 heterocycles. The van der Waals surface area contributed by atoms with E-state index in [0.717, 1.165) is 62.1 Å². The number of rotatable bonds is 17. The lowest BCUT2D eigenvalue weighted by molar-refractivity contribution is -0.0206. The van der Waals surface area contributed by atoms with Gasteiger partial charge in [0.05, 0.1) is 43.9 Å². The second kappa shape index (κ2) is 18.7. The summed E-state index contributed by atoms with van der Waals surface area (Å²) in [6.07, 6.45) is 5.03. The zero-order valence-electron chi connectivity index (χ0n) is 32.3. The molecule has 56 heavy (non-hydrogen) atoms. The van der Waals surface area contributed by atoms with E-state index in [1.807, 2.05) is 57.2 Å². The number of ether oxygens (including phenoxy) is 3. The Hall–Kier alpha value is -5.12. The Morgan fingerprint density at radius 3 is 2.32 bits per heavy atom. The zero-order valence-corrected chi connectivity index (χ0v) is 32.3. The molecule has 2 saturated heterocycles. The molecule has 2 amide bonds. The van der Waals surface area contributed by atoms with Crippen molar-refractivity contribution in [2.45, 2.75) is 57.9 Å². The van der Waals surface area contributed by atoms with E-state index in [-0.39, 0.29) is 36.6 Å². The first-order valence-corrected chi connectivity index (χ1v) is 19.3. The number of urea groups is 1. The monoisotopic (exact) mass is 773 g/mol. The van der Waals surface area contributed by atoms with E-state index >= 15 is 4.39 Å². The number of nitrogens with one attached hydrogen (secondary N) is 2. The summed E-state index contributed by atoms with van der Waals surface area (Å²) in [5, 5.41) is 15.2. The highest BCUT2D eigenvalue weighted by Crippen LogP contribution is 2.42. The lowest BCUT2D eigenvalue weighted by Crippen LogP contribution is -2.51. The number of carbonyl (C=O) groups excluding carboxylic acids is 1. The topological polar surface area (TPSA) is 147 Å². The summed E-state index contributed by atoms with van der Waals surface area (Å²) in [6, 6.07) is 18.7. The van der Waals surface area contributed by atoms with Gasteiger partial charge >= 0.3 is 6.03 Å². The minimum absolute atomic E-state index is 0.0204. The second-order valence-electron chi connectivity index (χ2n) is 14.8. The van der Waals surface area contributed by atoms with Crippen LogP contribution in [-0.4, -0.2) is 91.8 Å². The van der Waals surface area contributed by atoms with Gasteiger partial charge in [0.25, 0.3) is 0 Å². The molecule has 2 aliphatic rings. The van der Waals surface area contributed by atoms with Gasteiger partial charge in [-0.3, -0.25) is 10.3 Å². The Morgan fingerprint density at radius 2 is 1.73 bits per heavy atom. The fourth-order valence-electron chi connectivity index (χ4n) is 7.55. The molecule has 4 atom stereocenters. The van der Waals surface area contributed by atoms with Crippen LogP contribution in [0.25, 0.3) is 0 Å². The normalized spacial score (nSPS) is 19.5. The Kier molecular flexibility index (Phi) is 13.5. The standard InChI is InChI=1S/C41H53F2N9O4/c1-29(2)39(30(3)54-20-4-15-44)48-40(53)52(26-45)35-8-6-33(7-9-35)49-16-18-50(19-17-49)34-10-12-36(13-11-34)55-23-31-22-41(56-24-31,25-51-28-46-27-47-51)37-14-5-32(42)21-38(37)43/h5-14,21,26-31,39,45H,4,15-20,22-25,44H2,1-3H3,(H,48,53). The molecule has 4 unspecified atom stereocenters. The van der Waals surface area contributed by atoms with Gasteiger partial charge in [-0.2, -0.15) is 5.10 Å². The SMILES string of the molecule is CC(C)C(NC(=O)N(C=N)c1ccc(N2CCN(c3ccc(OCC4COC(Cn5cncn5)(c5ccc(F)cc5F)C4)cc3)CC2)cc1)C(C)OCCCN. The van der Waals surface area contributed by atoms with Crippen LogP contribution in [0.15, 0.2) is 79.4 Å². The van der Waals surface area contributed by atoms with E-state index in [9.17, 15) is 9.18 Å². The first-order valence-electron chi connectivity index (χ1n) is 19.3. The van der Waals surface area contributed by atoms with Gasteiger partial charge in [0.1, 0.15) is 35.6 Å². The van der Waals surface area contributed by atoms with Crippen LogP contribution >= 0.6 is 0 Å². The number of benzene rings is 3. The maximum absolute atomic E-state index is 15.0. The van der Waals surface area contributed by atoms with Gasteiger partial charge in [-0.25, -0.2) is 23.2 Å². The Morgan fingerprint density at radius 1 is 1.05 bits per heavy atom. The smallest absolute Gasteiger partial charge is 0.327 e. The highest BCUT2D eigenvalue weighted by molar-refractivity contribution is 6.06. The average molecular weight is 774 g/mol. The summed E-state index contributed by atoms with van der Waals surface area (Å²) in [4.78, 5) is 23.2. The van der Waals surface area contributed by atoms with Crippen LogP contribution in [-0.2, 0) is 21.6 Å². The van der Waals surface area contributed by atoms with Crippen molar-refractivity contribution in [3.63, 3.8) is 0 Å². The number of nitrogens with two attached hydrogens (primary N) is 1. The van der Waals surface area contributed by atoms with Gasteiger partial charge in [-0.1, -0.05) is 19.9 Å². The van der Waals surface area contributed by atoms with Gasteiger partial charge in [-0.15, -0.1) is 0 Å². The molecule has 0 radical (unpaired) electrons. The van der Waals surface area contributed by atoms with Crippen LogP contribution in [0.1, 0.15) is 39.2 Å². The highest BCUT2D eigenvalue weighted by atomic mass is 19.1. The lowest BCUT2D eigenvalue weighted by atomic mass is 9.87. The van der Waals surface area contributed by atoms with Crippen molar-refractivity contribution in [2.24, 2.45) is 17.6 Å². The second-order valence-corrected chi connectivity index (χ2v) is 14.8. The quantitative estimate of drug-likeness (QED) is 0.0689. The fourth-order valence-corrected chi connectivity index (χ4v) is 7.55. The number of aromatic nitrogens is 3. The molecule has 0 aliphatic carbocycles. The number of hydrogen-bond acceptors (Lipinski definition) is 10. The van der Waals surface area contributed by atoms with Gasteiger partial charge in [0.15, 0.2) is 0 Å². The first-order chi connectivity index (χ1) is 27.1. The first kappa shape index (κ1) is 40.5. The molecule has 300 valence electrons. The molecule has 6 rings (SSSR count). The third kappa shape index (κ3) is 9.81. The van der Waals surface area contributed by atoms with E-state index in [4.69, 9.17) is 25.4 Å². The van der Waals surface area contributed by atoms with Gasteiger partial charge < -0.3 is 35.1 Å². The van der Waals surface area contributed by atoms with E-state index < -0.39 is 17.2 Å². The maximum Gasteiger partial charge on any atom is 0.327 e. The number of nitrogens with zero attached hydrogens (tertiary/aromatic N) is 6. The molecule has 2 aliphatic heterocycles. The van der Waals surface area contributed by atoms with Crippen molar-refractivity contribution in [2.75, 3.05) is 67.2 Å². The third-order valence-electron chi connectivity index (χ3n) is 10.6. The van der Waals surface area contributed by atoms with Crippen LogP contribution < -0.4 is 30.5 Å². The Balaban J connectivity index is 0.987. The molecule has 0 saturated carbocycles. The van der Waals surface area contributed by atoms with Crippen molar-refractivity contribution in [1.29, 1.82) is 5.41 Å². The molecule has 15 heteroatoms. The molecule has 0 spiro atoms. The molecule has 13 nitrogen and oxygen atoms in total. The summed E-state index contributed by atoms with van der Waals surface area (Å²) in [6.45, 7) is 11.4. The largest absolute Gasteiger partial charge is 0.493 e. The van der Waals surface area contributed by atoms with Gasteiger partial charge in [0, 0.05) is 61.7 Å². The molecule has 4 aromatic rings. The molecular formula is C41H53F2N9O4. The van der Waals surface area contributed by atoms with Crippen molar-refractivity contribution in [3.05, 3.63) is 96.6 Å². The maximum atomic E-state index is 15.0. The minimum Gasteiger partial charge on any atom is -0.493 e. The van der Waals surface area contributed by atoms with Crippen LogP contribution in [0.2, 0.25) is 0 Å². The van der Waals surface area contributed by atoms with Crippen molar-refractivity contribution >= 4 is 29.4 Å². The van der Waals surface area contributed by atoms with E-state index in [1.54, 1.807) is 11.0 Å². The molecule has 3 aromatic carbocycles. The number of carbonyl (C=O) groups is 1. The van der Waals surface area contributed by atoms with Gasteiger partial charge in [-0.05, 0) is 86.8 Å². The van der Waals surface area contributed by atoms with Crippen molar-refractivity contribution in [3.8, 4) is 5.75 Å². The molecule has 2 fully saturated rings. The van der Waals surface area contributed by atoms with E-state index in [1.165, 1.54) is 23.4 Å². The Bertz CT molecular complexity index is 1860. The number of hydrogen-bond donors (Lipinski definition) is 3. The average Bonchev–Trinajstić information content (AvgIpc) is 3.87. The zero-order chi connectivity index (χ0) is 39.7. The summed E-state index contributed by atoms with van der Waals surface area (Å²) in [5.74, 6) is -0.452. The van der Waals surface area contributed by atoms with Gasteiger partial charge in [0.2, 0.25) is 0 Å². The third-order valence-corrected chi connectivity index (χ3v) is 10.6. The number of halogens is 2. The Labute approximate surface area is 327 Å².